The van der Waals surface area contributed by atoms with E-state index in [0.29, 0.717) is 11.8 Å². The molecule has 0 N–H and O–H groups in total. The van der Waals surface area contributed by atoms with Gasteiger partial charge in [-0.3, -0.25) is 0 Å². The summed E-state index contributed by atoms with van der Waals surface area (Å²) in [4.78, 5) is 4.25. The molecule has 88 valence electrons. The van der Waals surface area contributed by atoms with Crippen molar-refractivity contribution in [1.29, 1.82) is 0 Å². The fourth-order valence-electron chi connectivity index (χ4n) is 1.39. The summed E-state index contributed by atoms with van der Waals surface area (Å²) < 4.78 is 5.44. The van der Waals surface area contributed by atoms with Crippen molar-refractivity contribution in [2.75, 3.05) is 0 Å². The molecule has 2 rings (SSSR count). The Kier molecular flexibility index (Phi) is 3.87. The van der Waals surface area contributed by atoms with Gasteiger partial charge < -0.3 is 4.42 Å². The summed E-state index contributed by atoms with van der Waals surface area (Å²) in [5.74, 6) is 1.69. The first-order valence-corrected chi connectivity index (χ1v) is 6.06. The fraction of sp³-hybridized carbons (Fsp3) is 0.154. The van der Waals surface area contributed by atoms with Crippen LogP contribution in [-0.2, 0) is 5.88 Å². The average Bonchev–Trinajstić information content (AvgIpc) is 2.69. The first-order chi connectivity index (χ1) is 8.19. The number of hydrogen-bond donors (Lipinski definition) is 0. The van der Waals surface area contributed by atoms with Gasteiger partial charge in [0.05, 0.1) is 11.6 Å². The number of alkyl halides is 1. The summed E-state index contributed by atoms with van der Waals surface area (Å²) in [5, 5.41) is 0.721. The van der Waals surface area contributed by atoms with Crippen molar-refractivity contribution in [2.45, 2.75) is 12.8 Å². The van der Waals surface area contributed by atoms with E-state index < -0.39 is 0 Å². The van der Waals surface area contributed by atoms with Gasteiger partial charge in [-0.25, -0.2) is 4.98 Å². The van der Waals surface area contributed by atoms with Crippen LogP contribution in [0.15, 0.2) is 28.7 Å². The SMILES string of the molecule is Cc1oc(C=Cc2ccc(Cl)cc2)nc1CCl. The molecule has 0 aliphatic heterocycles. The Morgan fingerprint density at radius 1 is 1.24 bits per heavy atom. The van der Waals surface area contributed by atoms with Gasteiger partial charge in [0.2, 0.25) is 5.89 Å². The van der Waals surface area contributed by atoms with Crippen LogP contribution >= 0.6 is 23.2 Å². The van der Waals surface area contributed by atoms with Crippen molar-refractivity contribution < 1.29 is 4.42 Å². The van der Waals surface area contributed by atoms with Crippen LogP contribution in [0.25, 0.3) is 12.2 Å². The van der Waals surface area contributed by atoms with Gasteiger partial charge in [0.25, 0.3) is 0 Å². The lowest BCUT2D eigenvalue weighted by Crippen LogP contribution is -1.79. The largest absolute Gasteiger partial charge is 0.442 e. The maximum atomic E-state index is 5.80. The van der Waals surface area contributed by atoms with Crippen LogP contribution in [0.2, 0.25) is 5.02 Å². The first kappa shape index (κ1) is 12.2. The standard InChI is InChI=1S/C13H11Cl2NO/c1-9-12(8-14)16-13(17-9)7-4-10-2-5-11(15)6-3-10/h2-7H,8H2,1H3. The first-order valence-electron chi connectivity index (χ1n) is 5.15. The zero-order valence-electron chi connectivity index (χ0n) is 9.28. The number of rotatable bonds is 3. The quantitative estimate of drug-likeness (QED) is 0.763. The molecule has 1 aromatic heterocycles. The highest BCUT2D eigenvalue weighted by atomic mass is 35.5. The summed E-state index contributed by atoms with van der Waals surface area (Å²) in [5.41, 5.74) is 1.82. The molecule has 2 aromatic rings. The van der Waals surface area contributed by atoms with Crippen LogP contribution in [-0.4, -0.2) is 4.98 Å². The third kappa shape index (κ3) is 3.11. The highest BCUT2D eigenvalue weighted by Crippen LogP contribution is 2.15. The van der Waals surface area contributed by atoms with Crippen LogP contribution < -0.4 is 0 Å². The van der Waals surface area contributed by atoms with Gasteiger partial charge in [0.15, 0.2) is 0 Å². The second kappa shape index (κ2) is 5.39. The summed E-state index contributed by atoms with van der Waals surface area (Å²) in [6, 6.07) is 7.53. The van der Waals surface area contributed by atoms with Gasteiger partial charge in [-0.1, -0.05) is 23.7 Å². The van der Waals surface area contributed by atoms with E-state index in [1.165, 1.54) is 0 Å². The van der Waals surface area contributed by atoms with Crippen LogP contribution in [0, 0.1) is 6.92 Å². The Hall–Kier alpha value is -1.25. The molecule has 0 radical (unpaired) electrons. The fourth-order valence-corrected chi connectivity index (χ4v) is 1.76. The Labute approximate surface area is 110 Å². The van der Waals surface area contributed by atoms with Gasteiger partial charge >= 0.3 is 0 Å². The molecule has 0 bridgehead atoms. The summed E-state index contributed by atoms with van der Waals surface area (Å²) in [7, 11) is 0. The van der Waals surface area contributed by atoms with Crippen LogP contribution in [0.4, 0.5) is 0 Å². The summed E-state index contributed by atoms with van der Waals surface area (Å²) in [6.07, 6.45) is 3.73. The monoisotopic (exact) mass is 267 g/mol. The van der Waals surface area contributed by atoms with E-state index >= 15 is 0 Å². The lowest BCUT2D eigenvalue weighted by atomic mass is 10.2. The molecule has 0 aliphatic carbocycles. The van der Waals surface area contributed by atoms with E-state index in [-0.39, 0.29) is 0 Å². The van der Waals surface area contributed by atoms with Gasteiger partial charge in [-0.15, -0.1) is 11.6 Å². The number of halogens is 2. The lowest BCUT2D eigenvalue weighted by Gasteiger charge is -1.92. The lowest BCUT2D eigenvalue weighted by molar-refractivity contribution is 0.515. The molecule has 2 nitrogen and oxygen atoms in total. The van der Waals surface area contributed by atoms with E-state index in [1.807, 2.05) is 43.3 Å². The second-order valence-corrected chi connectivity index (χ2v) is 4.28. The minimum Gasteiger partial charge on any atom is -0.442 e. The van der Waals surface area contributed by atoms with E-state index in [4.69, 9.17) is 27.6 Å². The zero-order valence-corrected chi connectivity index (χ0v) is 10.8. The molecule has 0 fully saturated rings. The van der Waals surface area contributed by atoms with Gasteiger partial charge in [-0.2, -0.15) is 0 Å². The number of aromatic nitrogens is 1. The molecule has 0 saturated carbocycles. The highest BCUT2D eigenvalue weighted by Gasteiger charge is 2.05. The van der Waals surface area contributed by atoms with E-state index in [1.54, 1.807) is 0 Å². The van der Waals surface area contributed by atoms with Gasteiger partial charge in [0.1, 0.15) is 5.76 Å². The third-order valence-corrected chi connectivity index (χ3v) is 2.83. The molecule has 0 saturated heterocycles. The number of hydrogen-bond acceptors (Lipinski definition) is 2. The van der Waals surface area contributed by atoms with Crippen LogP contribution in [0.3, 0.4) is 0 Å². The van der Waals surface area contributed by atoms with Crippen molar-refractivity contribution in [3.8, 4) is 0 Å². The van der Waals surface area contributed by atoms with Crippen molar-refractivity contribution in [3.05, 3.63) is 52.2 Å². The smallest absolute Gasteiger partial charge is 0.219 e. The van der Waals surface area contributed by atoms with Crippen LogP contribution in [0.5, 0.6) is 0 Å². The molecule has 0 spiro atoms. The summed E-state index contributed by atoms with van der Waals surface area (Å²) >= 11 is 11.5. The van der Waals surface area contributed by atoms with Crippen molar-refractivity contribution >= 4 is 35.4 Å². The van der Waals surface area contributed by atoms with Gasteiger partial charge in [-0.05, 0) is 30.7 Å². The van der Waals surface area contributed by atoms with E-state index in [9.17, 15) is 0 Å². The average molecular weight is 268 g/mol. The van der Waals surface area contributed by atoms with Crippen LogP contribution in [0.1, 0.15) is 22.9 Å². The second-order valence-electron chi connectivity index (χ2n) is 3.57. The maximum absolute atomic E-state index is 5.80. The number of benzene rings is 1. The Morgan fingerprint density at radius 3 is 2.53 bits per heavy atom. The number of nitrogens with zero attached hydrogens (tertiary/aromatic N) is 1. The molecule has 0 amide bonds. The van der Waals surface area contributed by atoms with Crippen molar-refractivity contribution in [2.24, 2.45) is 0 Å². The molecule has 17 heavy (non-hydrogen) atoms. The Bertz CT molecular complexity index is 529. The number of aryl methyl sites for hydroxylation is 1. The molecular formula is C13H11Cl2NO. The molecular weight excluding hydrogens is 257 g/mol. The normalized spacial score (nSPS) is 11.2. The predicted molar refractivity (Wildman–Crippen MR) is 71.2 cm³/mol. The maximum Gasteiger partial charge on any atom is 0.219 e. The molecule has 0 unspecified atom stereocenters. The Balaban J connectivity index is 2.17. The van der Waals surface area contributed by atoms with Crippen molar-refractivity contribution in [3.63, 3.8) is 0 Å². The zero-order chi connectivity index (χ0) is 12.3. The van der Waals surface area contributed by atoms with Crippen molar-refractivity contribution in [1.82, 2.24) is 4.98 Å². The molecule has 1 aromatic carbocycles. The minimum atomic E-state index is 0.365. The van der Waals surface area contributed by atoms with E-state index in [2.05, 4.69) is 4.98 Å². The molecule has 0 atom stereocenters. The third-order valence-electron chi connectivity index (χ3n) is 2.32. The highest BCUT2D eigenvalue weighted by molar-refractivity contribution is 6.30. The Morgan fingerprint density at radius 2 is 1.94 bits per heavy atom. The predicted octanol–water partition coefficient (Wildman–Crippen LogP) is 4.55. The number of oxazole rings is 1. The molecule has 0 aliphatic rings. The minimum absolute atomic E-state index is 0.365. The summed E-state index contributed by atoms with van der Waals surface area (Å²) in [6.45, 7) is 1.85. The topological polar surface area (TPSA) is 26.0 Å². The van der Waals surface area contributed by atoms with E-state index in [0.717, 1.165) is 22.0 Å². The molecule has 4 heteroatoms. The molecule has 1 heterocycles. The van der Waals surface area contributed by atoms with Gasteiger partial charge in [0, 0.05) is 11.1 Å².